The monoisotopic (exact) mass is 290 g/mol. The Balaban J connectivity index is 1.61. The van der Waals surface area contributed by atoms with E-state index in [2.05, 4.69) is 15.4 Å². The van der Waals surface area contributed by atoms with E-state index in [1.165, 1.54) is 0 Å². The van der Waals surface area contributed by atoms with E-state index in [4.69, 9.17) is 9.47 Å². The van der Waals surface area contributed by atoms with Gasteiger partial charge in [-0.25, -0.2) is 4.98 Å². The summed E-state index contributed by atoms with van der Waals surface area (Å²) in [5, 5.41) is 7.62. The van der Waals surface area contributed by atoms with Gasteiger partial charge < -0.3 is 14.8 Å². The maximum atomic E-state index is 5.64. The Bertz CT molecular complexity index is 501. The summed E-state index contributed by atoms with van der Waals surface area (Å²) in [4.78, 5) is 4.26. The second-order valence-electron chi connectivity index (χ2n) is 4.61. The Morgan fingerprint density at radius 1 is 1.19 bits per heavy atom. The van der Waals surface area contributed by atoms with Gasteiger partial charge in [0, 0.05) is 26.6 Å². The Kier molecular flexibility index (Phi) is 6.70. The van der Waals surface area contributed by atoms with Crippen LogP contribution in [-0.4, -0.2) is 41.6 Å². The fourth-order valence-corrected chi connectivity index (χ4v) is 1.83. The van der Waals surface area contributed by atoms with E-state index >= 15 is 0 Å². The van der Waals surface area contributed by atoms with E-state index in [1.807, 2.05) is 35.0 Å². The van der Waals surface area contributed by atoms with Crippen molar-refractivity contribution in [2.45, 2.75) is 19.5 Å². The average Bonchev–Trinajstić information content (AvgIpc) is 2.97. The Morgan fingerprint density at radius 2 is 2.05 bits per heavy atom. The van der Waals surface area contributed by atoms with Crippen molar-refractivity contribution in [3.05, 3.63) is 42.5 Å². The third-order valence-corrected chi connectivity index (χ3v) is 2.89. The number of ether oxygens (including phenoxy) is 2. The summed E-state index contributed by atoms with van der Waals surface area (Å²) in [6, 6.07) is 9.83. The van der Waals surface area contributed by atoms with Crippen LogP contribution in [0.1, 0.15) is 12.2 Å². The zero-order valence-electron chi connectivity index (χ0n) is 12.4. The molecule has 2 rings (SSSR count). The zero-order valence-corrected chi connectivity index (χ0v) is 12.4. The van der Waals surface area contributed by atoms with Crippen molar-refractivity contribution in [1.82, 2.24) is 20.1 Å². The fraction of sp³-hybridized carbons (Fsp3) is 0.467. The molecule has 1 aromatic carbocycles. The van der Waals surface area contributed by atoms with Crippen LogP contribution >= 0.6 is 0 Å². The number of methoxy groups -OCH3 is 1. The summed E-state index contributed by atoms with van der Waals surface area (Å²) in [5.41, 5.74) is 0. The lowest BCUT2D eigenvalue weighted by molar-refractivity contribution is 0.199. The van der Waals surface area contributed by atoms with Gasteiger partial charge in [-0.05, 0) is 12.1 Å². The molecule has 114 valence electrons. The number of hydrogen-bond donors (Lipinski definition) is 1. The molecule has 0 radical (unpaired) electrons. The van der Waals surface area contributed by atoms with Crippen LogP contribution < -0.4 is 10.1 Å². The highest BCUT2D eigenvalue weighted by atomic mass is 16.5. The first-order valence-electron chi connectivity index (χ1n) is 7.14. The number of rotatable bonds is 10. The summed E-state index contributed by atoms with van der Waals surface area (Å²) >= 11 is 0. The normalized spacial score (nSPS) is 10.7. The van der Waals surface area contributed by atoms with Crippen molar-refractivity contribution in [1.29, 1.82) is 0 Å². The predicted octanol–water partition coefficient (Wildman–Crippen LogP) is 1.48. The molecule has 0 saturated carbocycles. The third kappa shape index (κ3) is 5.93. The van der Waals surface area contributed by atoms with Crippen LogP contribution in [0.5, 0.6) is 5.75 Å². The van der Waals surface area contributed by atoms with E-state index in [1.54, 1.807) is 13.4 Å². The molecule has 0 spiro atoms. The summed E-state index contributed by atoms with van der Waals surface area (Å²) in [5.74, 6) is 1.70. The molecule has 2 aromatic rings. The first-order chi connectivity index (χ1) is 10.4. The lowest BCUT2D eigenvalue weighted by Gasteiger charge is -2.05. The van der Waals surface area contributed by atoms with Crippen LogP contribution in [0.15, 0.2) is 36.7 Å². The van der Waals surface area contributed by atoms with Gasteiger partial charge in [-0.2, -0.15) is 5.10 Å². The van der Waals surface area contributed by atoms with Crippen molar-refractivity contribution >= 4 is 0 Å². The van der Waals surface area contributed by atoms with Gasteiger partial charge in [-0.3, -0.25) is 4.68 Å². The van der Waals surface area contributed by atoms with Gasteiger partial charge in [0.1, 0.15) is 12.1 Å². The molecular weight excluding hydrogens is 268 g/mol. The minimum atomic E-state index is 0.664. The first kappa shape index (κ1) is 15.5. The van der Waals surface area contributed by atoms with Crippen LogP contribution in [0.25, 0.3) is 0 Å². The van der Waals surface area contributed by atoms with Crippen LogP contribution in [0, 0.1) is 0 Å². The molecule has 1 aromatic heterocycles. The molecule has 0 unspecified atom stereocenters. The molecule has 6 heteroatoms. The first-order valence-corrected chi connectivity index (χ1v) is 7.14. The van der Waals surface area contributed by atoms with Crippen molar-refractivity contribution in [2.75, 3.05) is 26.9 Å². The summed E-state index contributed by atoms with van der Waals surface area (Å²) < 4.78 is 12.5. The van der Waals surface area contributed by atoms with Gasteiger partial charge in [-0.15, -0.1) is 0 Å². The highest BCUT2D eigenvalue weighted by Gasteiger charge is 2.00. The number of nitrogens with zero attached hydrogens (tertiary/aromatic N) is 3. The molecule has 21 heavy (non-hydrogen) atoms. The average molecular weight is 290 g/mol. The van der Waals surface area contributed by atoms with E-state index in [9.17, 15) is 0 Å². The molecule has 0 amide bonds. The second kappa shape index (κ2) is 9.10. The smallest absolute Gasteiger partial charge is 0.164 e. The molecule has 0 bridgehead atoms. The van der Waals surface area contributed by atoms with E-state index < -0.39 is 0 Å². The maximum Gasteiger partial charge on any atom is 0.164 e. The highest BCUT2D eigenvalue weighted by Crippen LogP contribution is 2.08. The third-order valence-electron chi connectivity index (χ3n) is 2.89. The molecule has 0 saturated heterocycles. The van der Waals surface area contributed by atoms with Gasteiger partial charge >= 0.3 is 0 Å². The van der Waals surface area contributed by atoms with Crippen molar-refractivity contribution < 1.29 is 9.47 Å². The van der Waals surface area contributed by atoms with Gasteiger partial charge in [0.05, 0.1) is 19.8 Å². The predicted molar refractivity (Wildman–Crippen MR) is 80.2 cm³/mol. The molecule has 0 atom stereocenters. The van der Waals surface area contributed by atoms with Crippen LogP contribution in [0.3, 0.4) is 0 Å². The van der Waals surface area contributed by atoms with Crippen molar-refractivity contribution in [2.24, 2.45) is 0 Å². The van der Waals surface area contributed by atoms with Gasteiger partial charge in [0.2, 0.25) is 0 Å². The van der Waals surface area contributed by atoms with E-state index in [-0.39, 0.29) is 0 Å². The van der Waals surface area contributed by atoms with Gasteiger partial charge in [-0.1, -0.05) is 18.2 Å². The summed E-state index contributed by atoms with van der Waals surface area (Å²) in [7, 11) is 1.69. The van der Waals surface area contributed by atoms with Crippen LogP contribution in [0.4, 0.5) is 0 Å². The topological polar surface area (TPSA) is 61.2 Å². The van der Waals surface area contributed by atoms with Crippen molar-refractivity contribution in [3.8, 4) is 5.75 Å². The van der Waals surface area contributed by atoms with Gasteiger partial charge in [0.25, 0.3) is 0 Å². The maximum absolute atomic E-state index is 5.64. The number of para-hydroxylation sites is 1. The number of hydrogen-bond acceptors (Lipinski definition) is 5. The minimum Gasteiger partial charge on any atom is -0.494 e. The molecule has 0 fully saturated rings. The number of aromatic nitrogens is 3. The van der Waals surface area contributed by atoms with Crippen LogP contribution in [0.2, 0.25) is 0 Å². The molecule has 0 aliphatic heterocycles. The van der Waals surface area contributed by atoms with Gasteiger partial charge in [0.15, 0.2) is 5.82 Å². The highest BCUT2D eigenvalue weighted by molar-refractivity contribution is 5.20. The molecular formula is C15H22N4O2. The number of nitrogens with one attached hydrogen (secondary N) is 1. The fourth-order valence-electron chi connectivity index (χ4n) is 1.83. The van der Waals surface area contributed by atoms with Crippen LogP contribution in [-0.2, 0) is 17.8 Å². The lowest BCUT2D eigenvalue weighted by atomic mass is 10.3. The molecule has 6 nitrogen and oxygen atoms in total. The number of aryl methyl sites for hydroxylation is 1. The standard InChI is InChI=1S/C15H22N4O2/c1-20-11-8-16-12-15-17-13-19(18-15)9-5-10-21-14-6-3-2-4-7-14/h2-4,6-7,13,16H,5,8-12H2,1H3. The summed E-state index contributed by atoms with van der Waals surface area (Å²) in [6.07, 6.45) is 2.66. The van der Waals surface area contributed by atoms with E-state index in [0.717, 1.165) is 31.1 Å². The Hall–Kier alpha value is -1.92. The minimum absolute atomic E-state index is 0.664. The summed E-state index contributed by atoms with van der Waals surface area (Å²) in [6.45, 7) is 3.63. The molecule has 0 aliphatic rings. The second-order valence-corrected chi connectivity index (χ2v) is 4.61. The molecule has 1 heterocycles. The Morgan fingerprint density at radius 3 is 2.86 bits per heavy atom. The zero-order chi connectivity index (χ0) is 14.8. The number of benzene rings is 1. The molecule has 1 N–H and O–H groups in total. The quantitative estimate of drug-likeness (QED) is 0.672. The lowest BCUT2D eigenvalue weighted by Crippen LogP contribution is -2.19. The van der Waals surface area contributed by atoms with Crippen molar-refractivity contribution in [3.63, 3.8) is 0 Å². The Labute approximate surface area is 125 Å². The van der Waals surface area contributed by atoms with E-state index in [0.29, 0.717) is 19.8 Å². The molecule has 0 aliphatic carbocycles. The SMILES string of the molecule is COCCNCc1ncn(CCCOc2ccccc2)n1. The largest absolute Gasteiger partial charge is 0.494 e.